The molecule has 0 saturated carbocycles. The fourth-order valence-electron chi connectivity index (χ4n) is 2.82. The fourth-order valence-corrected chi connectivity index (χ4v) is 3.55. The smallest absolute Gasteiger partial charge is 0.261 e. The molecule has 0 spiro atoms. The van der Waals surface area contributed by atoms with E-state index in [4.69, 9.17) is 9.84 Å². The minimum Gasteiger partial charge on any atom is -0.385 e. The lowest BCUT2D eigenvalue weighted by molar-refractivity contribution is -0.117. The maximum absolute atomic E-state index is 12.4. The van der Waals surface area contributed by atoms with Gasteiger partial charge in [-0.15, -0.1) is 11.3 Å². The second-order valence-electron chi connectivity index (χ2n) is 6.37. The molecule has 6 nitrogen and oxygen atoms in total. The second-order valence-corrected chi connectivity index (χ2v) is 7.31. The van der Waals surface area contributed by atoms with Gasteiger partial charge in [0.1, 0.15) is 17.3 Å². The minimum absolute atomic E-state index is 0.0551. The van der Waals surface area contributed by atoms with E-state index in [2.05, 4.69) is 5.32 Å². The zero-order chi connectivity index (χ0) is 20.5. The maximum Gasteiger partial charge on any atom is 0.261 e. The third-order valence-corrected chi connectivity index (χ3v) is 5.08. The molecule has 3 rings (SSSR count). The third kappa shape index (κ3) is 5.64. The van der Waals surface area contributed by atoms with Crippen molar-refractivity contribution >= 4 is 23.3 Å². The topological polar surface area (TPSA) is 79.9 Å². The summed E-state index contributed by atoms with van der Waals surface area (Å²) in [5.74, 6) is -0.392. The Hall–Kier alpha value is -3.21. The molecule has 0 fully saturated rings. The number of methoxy groups -OCH3 is 1. The van der Waals surface area contributed by atoms with Crippen molar-refractivity contribution in [3.8, 4) is 16.6 Å². The number of ether oxygens (including phenoxy) is 1. The van der Waals surface area contributed by atoms with Gasteiger partial charge in [0.25, 0.3) is 5.91 Å². The van der Waals surface area contributed by atoms with Crippen LogP contribution in [0.3, 0.4) is 0 Å². The molecule has 0 bridgehead atoms. The normalized spacial score (nSPS) is 11.2. The molecule has 1 amide bonds. The van der Waals surface area contributed by atoms with Crippen molar-refractivity contribution in [1.29, 1.82) is 5.26 Å². The summed E-state index contributed by atoms with van der Waals surface area (Å²) in [6.07, 6.45) is 4.17. The Bertz CT molecular complexity index is 1000. The molecule has 0 saturated heterocycles. The zero-order valence-corrected chi connectivity index (χ0v) is 17.0. The van der Waals surface area contributed by atoms with Crippen molar-refractivity contribution < 1.29 is 9.53 Å². The molecular weight excluding hydrogens is 384 g/mol. The molecule has 0 aliphatic rings. The van der Waals surface area contributed by atoms with Crippen molar-refractivity contribution in [2.24, 2.45) is 0 Å². The second kappa shape index (κ2) is 10.4. The predicted octanol–water partition coefficient (Wildman–Crippen LogP) is 3.72. The van der Waals surface area contributed by atoms with Crippen molar-refractivity contribution in [2.45, 2.75) is 13.0 Å². The van der Waals surface area contributed by atoms with Gasteiger partial charge in [0.2, 0.25) is 0 Å². The third-order valence-electron chi connectivity index (χ3n) is 4.21. The first-order valence-corrected chi connectivity index (χ1v) is 10.1. The van der Waals surface area contributed by atoms with E-state index in [1.165, 1.54) is 0 Å². The zero-order valence-electron chi connectivity index (χ0n) is 16.2. The number of amides is 1. The van der Waals surface area contributed by atoms with E-state index in [1.54, 1.807) is 24.5 Å². The summed E-state index contributed by atoms with van der Waals surface area (Å²) in [5.41, 5.74) is 2.68. The number of carbonyl (C=O) groups excluding carboxylic acids is 1. The average Bonchev–Trinajstić information content (AvgIpc) is 3.40. The lowest BCUT2D eigenvalue weighted by Gasteiger charge is -2.03. The number of nitrogens with one attached hydrogen (secondary N) is 1. The maximum atomic E-state index is 12.4. The number of nitriles is 1. The van der Waals surface area contributed by atoms with Crippen LogP contribution >= 0.6 is 11.3 Å². The van der Waals surface area contributed by atoms with Crippen LogP contribution in [0.15, 0.2) is 59.6 Å². The molecule has 1 N–H and O–H groups in total. The summed E-state index contributed by atoms with van der Waals surface area (Å²) in [4.78, 5) is 13.4. The highest BCUT2D eigenvalue weighted by atomic mass is 32.1. The van der Waals surface area contributed by atoms with Gasteiger partial charge in [-0.3, -0.25) is 9.48 Å². The number of hydrogen-bond acceptors (Lipinski definition) is 5. The van der Waals surface area contributed by atoms with E-state index in [1.807, 2.05) is 64.8 Å². The molecule has 2 aromatic heterocycles. The van der Waals surface area contributed by atoms with Crippen LogP contribution in [0.4, 0.5) is 0 Å². The Morgan fingerprint density at radius 2 is 2.14 bits per heavy atom. The van der Waals surface area contributed by atoms with Crippen LogP contribution in [0.25, 0.3) is 16.6 Å². The number of nitrogens with zero attached hydrogens (tertiary/aromatic N) is 3. The number of rotatable bonds is 9. The highest BCUT2D eigenvalue weighted by Crippen LogP contribution is 2.28. The van der Waals surface area contributed by atoms with Crippen LogP contribution in [0.1, 0.15) is 17.5 Å². The van der Waals surface area contributed by atoms with E-state index in [0.29, 0.717) is 26.1 Å². The molecule has 29 heavy (non-hydrogen) atoms. The molecule has 0 aliphatic carbocycles. The van der Waals surface area contributed by atoms with Gasteiger partial charge in [-0.1, -0.05) is 36.4 Å². The fraction of sp³-hybridized carbons (Fsp3) is 0.227. The summed E-state index contributed by atoms with van der Waals surface area (Å²) in [5, 5.41) is 18.9. The van der Waals surface area contributed by atoms with E-state index >= 15 is 0 Å². The van der Waals surface area contributed by atoms with E-state index < -0.39 is 5.91 Å². The molecule has 0 unspecified atom stereocenters. The summed E-state index contributed by atoms with van der Waals surface area (Å²) in [6.45, 7) is 1.62. The van der Waals surface area contributed by atoms with Crippen molar-refractivity contribution in [3.63, 3.8) is 0 Å². The Morgan fingerprint density at radius 1 is 1.31 bits per heavy atom. The number of benzene rings is 1. The molecular formula is C22H22N4O2S. The standard InChI is InChI=1S/C22H22N4O2S/c1-28-11-6-10-24-22(27)18(14-23)13-19-16-26(15-17-7-3-2-4-8-17)25-21(19)20-9-5-12-29-20/h2-5,7-9,12-13,16H,6,10-11,15H2,1H3,(H,24,27). The van der Waals surface area contributed by atoms with Gasteiger partial charge >= 0.3 is 0 Å². The van der Waals surface area contributed by atoms with Crippen LogP contribution < -0.4 is 5.32 Å². The number of carbonyl (C=O) groups is 1. The average molecular weight is 407 g/mol. The van der Waals surface area contributed by atoms with Gasteiger partial charge < -0.3 is 10.1 Å². The molecule has 3 aromatic rings. The highest BCUT2D eigenvalue weighted by molar-refractivity contribution is 7.13. The molecule has 2 heterocycles. The monoisotopic (exact) mass is 406 g/mol. The summed E-state index contributed by atoms with van der Waals surface area (Å²) >= 11 is 1.57. The lowest BCUT2D eigenvalue weighted by Crippen LogP contribution is -2.26. The molecule has 0 aliphatic heterocycles. The van der Waals surface area contributed by atoms with Gasteiger partial charge in [-0.25, -0.2) is 0 Å². The van der Waals surface area contributed by atoms with Crippen LogP contribution in [-0.2, 0) is 16.1 Å². The summed E-state index contributed by atoms with van der Waals surface area (Å²) in [6, 6.07) is 16.0. The van der Waals surface area contributed by atoms with E-state index in [-0.39, 0.29) is 5.57 Å². The molecule has 148 valence electrons. The van der Waals surface area contributed by atoms with Gasteiger partial charge in [0.05, 0.1) is 11.4 Å². The summed E-state index contributed by atoms with van der Waals surface area (Å²) in [7, 11) is 1.61. The van der Waals surface area contributed by atoms with Gasteiger partial charge in [0.15, 0.2) is 0 Å². The van der Waals surface area contributed by atoms with Gasteiger partial charge in [-0.05, 0) is 29.5 Å². The molecule has 1 aromatic carbocycles. The number of aromatic nitrogens is 2. The van der Waals surface area contributed by atoms with Gasteiger partial charge in [0, 0.05) is 32.0 Å². The Kier molecular flexibility index (Phi) is 7.34. The first-order chi connectivity index (χ1) is 14.2. The predicted molar refractivity (Wildman–Crippen MR) is 114 cm³/mol. The van der Waals surface area contributed by atoms with Crippen LogP contribution in [0.5, 0.6) is 0 Å². The SMILES string of the molecule is COCCCNC(=O)C(C#N)=Cc1cn(Cc2ccccc2)nc1-c1cccs1. The van der Waals surface area contributed by atoms with Crippen molar-refractivity contribution in [1.82, 2.24) is 15.1 Å². The van der Waals surface area contributed by atoms with Crippen LogP contribution in [0.2, 0.25) is 0 Å². The first-order valence-electron chi connectivity index (χ1n) is 9.25. The van der Waals surface area contributed by atoms with E-state index in [0.717, 1.165) is 21.7 Å². The Labute approximate surface area is 174 Å². The quantitative estimate of drug-likeness (QED) is 0.334. The number of thiophene rings is 1. The Balaban J connectivity index is 1.86. The van der Waals surface area contributed by atoms with Crippen molar-refractivity contribution in [3.05, 3.63) is 70.7 Å². The highest BCUT2D eigenvalue weighted by Gasteiger charge is 2.15. The lowest BCUT2D eigenvalue weighted by atomic mass is 10.1. The van der Waals surface area contributed by atoms with Crippen LogP contribution in [0, 0.1) is 11.3 Å². The van der Waals surface area contributed by atoms with E-state index in [9.17, 15) is 10.1 Å². The Morgan fingerprint density at radius 3 is 2.83 bits per heavy atom. The summed E-state index contributed by atoms with van der Waals surface area (Å²) < 4.78 is 6.81. The molecule has 0 radical (unpaired) electrons. The van der Waals surface area contributed by atoms with Crippen molar-refractivity contribution in [2.75, 3.05) is 20.3 Å². The first kappa shape index (κ1) is 20.5. The largest absolute Gasteiger partial charge is 0.385 e. The molecule has 7 heteroatoms. The number of hydrogen-bond donors (Lipinski definition) is 1. The van der Waals surface area contributed by atoms with Crippen LogP contribution in [-0.4, -0.2) is 35.9 Å². The minimum atomic E-state index is -0.392. The molecule has 0 atom stereocenters. The van der Waals surface area contributed by atoms with Gasteiger partial charge in [-0.2, -0.15) is 10.4 Å².